The molecule has 25 heavy (non-hydrogen) atoms. The first kappa shape index (κ1) is 19.0. The second-order valence-electron chi connectivity index (χ2n) is 6.53. The first-order valence-corrected chi connectivity index (χ1v) is 8.65. The number of methoxy groups -OCH3 is 1. The van der Waals surface area contributed by atoms with Gasteiger partial charge in [-0.05, 0) is 35.6 Å². The summed E-state index contributed by atoms with van der Waals surface area (Å²) in [7, 11) is 1.43. The highest BCUT2D eigenvalue weighted by molar-refractivity contribution is 5.76. The van der Waals surface area contributed by atoms with Gasteiger partial charge in [-0.1, -0.05) is 50.2 Å². The molecule has 0 radical (unpaired) electrons. The number of ether oxygens (including phenoxy) is 1. The molecule has 2 aromatic rings. The number of rotatable bonds is 8. The molecule has 0 aliphatic heterocycles. The zero-order valence-electron chi connectivity index (χ0n) is 15.1. The van der Waals surface area contributed by atoms with Gasteiger partial charge in [0.05, 0.1) is 7.11 Å². The van der Waals surface area contributed by atoms with Crippen molar-refractivity contribution in [3.63, 3.8) is 0 Å². The molecule has 1 unspecified atom stereocenters. The van der Waals surface area contributed by atoms with Crippen LogP contribution in [0.3, 0.4) is 0 Å². The van der Waals surface area contributed by atoms with E-state index in [4.69, 9.17) is 4.74 Å². The summed E-state index contributed by atoms with van der Waals surface area (Å²) in [5.41, 5.74) is 2.02. The van der Waals surface area contributed by atoms with Crippen LogP contribution in [0.2, 0.25) is 0 Å². The molecular weight excluding hydrogens is 317 g/mol. The Labute approximate surface area is 149 Å². The van der Waals surface area contributed by atoms with E-state index in [9.17, 15) is 9.18 Å². The van der Waals surface area contributed by atoms with Gasteiger partial charge in [-0.3, -0.25) is 4.79 Å². The Hall–Kier alpha value is -2.36. The van der Waals surface area contributed by atoms with Gasteiger partial charge in [-0.25, -0.2) is 4.39 Å². The molecule has 1 amide bonds. The number of carbonyl (C=O) groups is 1. The fraction of sp³-hybridized carbons (Fsp3) is 0.381. The van der Waals surface area contributed by atoms with Gasteiger partial charge in [0.15, 0.2) is 11.6 Å². The second kappa shape index (κ2) is 9.21. The van der Waals surface area contributed by atoms with Crippen molar-refractivity contribution in [1.29, 1.82) is 0 Å². The van der Waals surface area contributed by atoms with Crippen LogP contribution < -0.4 is 10.1 Å². The first-order valence-electron chi connectivity index (χ1n) is 8.65. The summed E-state index contributed by atoms with van der Waals surface area (Å²) in [5, 5.41) is 3.01. The zero-order valence-corrected chi connectivity index (χ0v) is 15.1. The predicted octanol–water partition coefficient (Wildman–Crippen LogP) is 4.32. The molecule has 0 saturated heterocycles. The standard InChI is InChI=1S/C21H26FNO2/c1-15(2)18(17-7-5-4-6-8-17)14-23-21(24)12-10-16-9-11-20(25-3)19(22)13-16/h4-9,11,13,15,18H,10,12,14H2,1-3H3,(H,23,24). The highest BCUT2D eigenvalue weighted by Gasteiger charge is 2.16. The van der Waals surface area contributed by atoms with Crippen molar-refractivity contribution >= 4 is 5.91 Å². The Balaban J connectivity index is 1.86. The maximum Gasteiger partial charge on any atom is 0.220 e. The van der Waals surface area contributed by atoms with Crippen molar-refractivity contribution in [2.24, 2.45) is 5.92 Å². The largest absolute Gasteiger partial charge is 0.494 e. The van der Waals surface area contributed by atoms with Crippen LogP contribution in [0, 0.1) is 11.7 Å². The molecule has 0 fully saturated rings. The third-order valence-electron chi connectivity index (χ3n) is 4.41. The highest BCUT2D eigenvalue weighted by Crippen LogP contribution is 2.23. The quantitative estimate of drug-likeness (QED) is 0.775. The highest BCUT2D eigenvalue weighted by atomic mass is 19.1. The van der Waals surface area contributed by atoms with Crippen LogP contribution in [0.25, 0.3) is 0 Å². The number of carbonyl (C=O) groups excluding carboxylic acids is 1. The number of hydrogen-bond acceptors (Lipinski definition) is 2. The average Bonchev–Trinajstić information content (AvgIpc) is 2.61. The molecular formula is C21H26FNO2. The van der Waals surface area contributed by atoms with Gasteiger partial charge in [0.25, 0.3) is 0 Å². The van der Waals surface area contributed by atoms with E-state index < -0.39 is 5.82 Å². The Morgan fingerprint density at radius 2 is 1.88 bits per heavy atom. The SMILES string of the molecule is COc1ccc(CCC(=O)NCC(c2ccccc2)C(C)C)cc1F. The molecule has 1 N–H and O–H groups in total. The summed E-state index contributed by atoms with van der Waals surface area (Å²) in [6, 6.07) is 15.0. The number of nitrogens with one attached hydrogen (secondary N) is 1. The number of amides is 1. The number of aryl methyl sites for hydroxylation is 1. The van der Waals surface area contributed by atoms with E-state index in [-0.39, 0.29) is 17.6 Å². The summed E-state index contributed by atoms with van der Waals surface area (Å²) in [6.45, 7) is 4.92. The number of halogens is 1. The predicted molar refractivity (Wildman–Crippen MR) is 98.3 cm³/mol. The van der Waals surface area contributed by atoms with Gasteiger partial charge in [0.1, 0.15) is 0 Å². The van der Waals surface area contributed by atoms with Gasteiger partial charge < -0.3 is 10.1 Å². The van der Waals surface area contributed by atoms with Crippen LogP contribution in [0.5, 0.6) is 5.75 Å². The Bertz CT molecular complexity index is 686. The lowest BCUT2D eigenvalue weighted by molar-refractivity contribution is -0.121. The van der Waals surface area contributed by atoms with Gasteiger partial charge >= 0.3 is 0 Å². The van der Waals surface area contributed by atoms with E-state index in [1.807, 2.05) is 18.2 Å². The molecule has 0 aliphatic rings. The van der Waals surface area contributed by atoms with Crippen molar-refractivity contribution in [3.05, 3.63) is 65.5 Å². The fourth-order valence-electron chi connectivity index (χ4n) is 2.87. The average molecular weight is 343 g/mol. The Morgan fingerprint density at radius 3 is 2.48 bits per heavy atom. The Morgan fingerprint density at radius 1 is 1.16 bits per heavy atom. The maximum absolute atomic E-state index is 13.7. The lowest BCUT2D eigenvalue weighted by Crippen LogP contribution is -2.30. The smallest absolute Gasteiger partial charge is 0.220 e. The fourth-order valence-corrected chi connectivity index (χ4v) is 2.87. The summed E-state index contributed by atoms with van der Waals surface area (Å²) in [6.07, 6.45) is 0.843. The van der Waals surface area contributed by atoms with Crippen molar-refractivity contribution in [1.82, 2.24) is 5.32 Å². The Kier molecular flexibility index (Phi) is 6.99. The molecule has 0 bridgehead atoms. The zero-order chi connectivity index (χ0) is 18.2. The molecule has 0 aromatic heterocycles. The molecule has 3 nitrogen and oxygen atoms in total. The molecule has 2 aromatic carbocycles. The van der Waals surface area contributed by atoms with Crippen LogP contribution >= 0.6 is 0 Å². The van der Waals surface area contributed by atoms with Crippen LogP contribution in [0.15, 0.2) is 48.5 Å². The summed E-state index contributed by atoms with van der Waals surface area (Å²) in [4.78, 5) is 12.2. The second-order valence-corrected chi connectivity index (χ2v) is 6.53. The third-order valence-corrected chi connectivity index (χ3v) is 4.41. The third kappa shape index (κ3) is 5.59. The van der Waals surface area contributed by atoms with E-state index in [1.165, 1.54) is 18.7 Å². The number of benzene rings is 2. The van der Waals surface area contributed by atoms with E-state index in [1.54, 1.807) is 12.1 Å². The molecule has 0 heterocycles. The number of hydrogen-bond donors (Lipinski definition) is 1. The summed E-state index contributed by atoms with van der Waals surface area (Å²) >= 11 is 0. The first-order chi connectivity index (χ1) is 12.0. The molecule has 134 valence electrons. The molecule has 4 heteroatoms. The lowest BCUT2D eigenvalue weighted by atomic mass is 9.88. The molecule has 0 saturated carbocycles. The minimum Gasteiger partial charge on any atom is -0.494 e. The molecule has 0 aliphatic carbocycles. The van der Waals surface area contributed by atoms with Gasteiger partial charge in [-0.2, -0.15) is 0 Å². The molecule has 0 spiro atoms. The molecule has 1 atom stereocenters. The normalized spacial score (nSPS) is 12.0. The monoisotopic (exact) mass is 343 g/mol. The summed E-state index contributed by atoms with van der Waals surface area (Å²) < 4.78 is 18.6. The van der Waals surface area contributed by atoms with Crippen LogP contribution in [-0.2, 0) is 11.2 Å². The van der Waals surface area contributed by atoms with Gasteiger partial charge in [-0.15, -0.1) is 0 Å². The van der Waals surface area contributed by atoms with Gasteiger partial charge in [0.2, 0.25) is 5.91 Å². The van der Waals surface area contributed by atoms with Gasteiger partial charge in [0, 0.05) is 18.9 Å². The minimum absolute atomic E-state index is 0.0159. The van der Waals surface area contributed by atoms with Crippen LogP contribution in [0.1, 0.15) is 37.3 Å². The van der Waals surface area contributed by atoms with E-state index in [2.05, 4.69) is 31.3 Å². The van der Waals surface area contributed by atoms with E-state index >= 15 is 0 Å². The van der Waals surface area contributed by atoms with Crippen molar-refractivity contribution in [2.45, 2.75) is 32.6 Å². The minimum atomic E-state index is -0.399. The van der Waals surface area contributed by atoms with Crippen LogP contribution in [-0.4, -0.2) is 19.6 Å². The van der Waals surface area contributed by atoms with Crippen molar-refractivity contribution in [3.8, 4) is 5.75 Å². The van der Waals surface area contributed by atoms with E-state index in [0.29, 0.717) is 25.3 Å². The topological polar surface area (TPSA) is 38.3 Å². The van der Waals surface area contributed by atoms with Crippen molar-refractivity contribution in [2.75, 3.05) is 13.7 Å². The lowest BCUT2D eigenvalue weighted by Gasteiger charge is -2.22. The van der Waals surface area contributed by atoms with Crippen molar-refractivity contribution < 1.29 is 13.9 Å². The van der Waals surface area contributed by atoms with E-state index in [0.717, 1.165) is 5.56 Å². The molecule has 2 rings (SSSR count). The van der Waals surface area contributed by atoms with Crippen LogP contribution in [0.4, 0.5) is 4.39 Å². The maximum atomic E-state index is 13.7. The summed E-state index contributed by atoms with van der Waals surface area (Å²) in [5.74, 6) is 0.514.